The Morgan fingerprint density at radius 2 is 2.22 bits per heavy atom. The maximum atomic E-state index is 12.3. The summed E-state index contributed by atoms with van der Waals surface area (Å²) in [6.45, 7) is 3.56. The van der Waals surface area contributed by atoms with Crippen LogP contribution in [0.4, 0.5) is 0 Å². The predicted molar refractivity (Wildman–Crippen MR) is 65.7 cm³/mol. The highest BCUT2D eigenvalue weighted by Crippen LogP contribution is 2.30. The second-order valence-electron chi connectivity index (χ2n) is 5.49. The number of nitrogens with one attached hydrogen (secondary N) is 1. The molecule has 0 aromatic carbocycles. The first-order valence-electron chi connectivity index (χ1n) is 6.31. The molecule has 2 rings (SSSR count). The van der Waals surface area contributed by atoms with Gasteiger partial charge in [-0.1, -0.05) is 0 Å². The molecule has 102 valence electrons. The molecule has 0 bridgehead atoms. The van der Waals surface area contributed by atoms with Crippen LogP contribution in [0.3, 0.4) is 0 Å². The number of likely N-dealkylation sites (tertiary alicyclic amines) is 1. The van der Waals surface area contributed by atoms with E-state index in [-0.39, 0.29) is 24.0 Å². The van der Waals surface area contributed by atoms with Crippen LogP contribution in [0, 0.1) is 5.41 Å². The number of carbonyl (C=O) groups is 2. The Morgan fingerprint density at radius 3 is 2.72 bits per heavy atom. The highest BCUT2D eigenvalue weighted by Gasteiger charge is 2.43. The lowest BCUT2D eigenvalue weighted by Crippen LogP contribution is -2.44. The van der Waals surface area contributed by atoms with Crippen LogP contribution < -0.4 is 11.1 Å². The molecule has 0 aromatic heterocycles. The number of ether oxygens (including phenoxy) is 1. The van der Waals surface area contributed by atoms with Gasteiger partial charge in [-0.2, -0.15) is 0 Å². The number of amides is 2. The molecule has 3 atom stereocenters. The second-order valence-corrected chi connectivity index (χ2v) is 5.49. The van der Waals surface area contributed by atoms with Crippen molar-refractivity contribution in [2.45, 2.75) is 31.9 Å². The molecule has 0 aliphatic carbocycles. The number of methoxy groups -OCH3 is 1. The number of hydrogen-bond acceptors (Lipinski definition) is 4. The van der Waals surface area contributed by atoms with Crippen molar-refractivity contribution in [3.05, 3.63) is 0 Å². The minimum atomic E-state index is -0.574. The van der Waals surface area contributed by atoms with E-state index in [1.54, 1.807) is 12.0 Å². The van der Waals surface area contributed by atoms with Crippen LogP contribution in [0.5, 0.6) is 0 Å². The fraction of sp³-hybridized carbons (Fsp3) is 0.833. The van der Waals surface area contributed by atoms with Crippen LogP contribution in [-0.4, -0.2) is 55.6 Å². The molecule has 2 fully saturated rings. The fourth-order valence-electron chi connectivity index (χ4n) is 2.64. The van der Waals surface area contributed by atoms with E-state index < -0.39 is 5.41 Å². The van der Waals surface area contributed by atoms with Crippen molar-refractivity contribution in [3.8, 4) is 0 Å². The summed E-state index contributed by atoms with van der Waals surface area (Å²) < 4.78 is 5.23. The van der Waals surface area contributed by atoms with Crippen molar-refractivity contribution in [1.82, 2.24) is 10.2 Å². The summed E-state index contributed by atoms with van der Waals surface area (Å²) in [5, 5.41) is 3.16. The zero-order valence-electron chi connectivity index (χ0n) is 10.9. The Bertz CT molecular complexity index is 360. The summed E-state index contributed by atoms with van der Waals surface area (Å²) in [5.41, 5.74) is 4.80. The van der Waals surface area contributed by atoms with Gasteiger partial charge in [0.15, 0.2) is 0 Å². The summed E-state index contributed by atoms with van der Waals surface area (Å²) in [4.78, 5) is 25.4. The molecule has 3 N–H and O–H groups in total. The van der Waals surface area contributed by atoms with Gasteiger partial charge in [0.25, 0.3) is 0 Å². The molecule has 0 radical (unpaired) electrons. The molecular weight excluding hydrogens is 234 g/mol. The van der Waals surface area contributed by atoms with E-state index in [0.717, 1.165) is 0 Å². The van der Waals surface area contributed by atoms with Crippen LogP contribution >= 0.6 is 0 Å². The normalized spacial score (nSPS) is 36.0. The van der Waals surface area contributed by atoms with Gasteiger partial charge in [-0.25, -0.2) is 0 Å². The average Bonchev–Trinajstić information content (AvgIpc) is 2.95. The van der Waals surface area contributed by atoms with Crippen LogP contribution in [-0.2, 0) is 14.3 Å². The van der Waals surface area contributed by atoms with E-state index in [9.17, 15) is 9.59 Å². The van der Waals surface area contributed by atoms with Gasteiger partial charge in [0.2, 0.25) is 11.8 Å². The highest BCUT2D eigenvalue weighted by molar-refractivity contribution is 5.86. The molecule has 2 saturated heterocycles. The van der Waals surface area contributed by atoms with Gasteiger partial charge >= 0.3 is 0 Å². The number of nitrogens with two attached hydrogens (primary N) is 1. The topological polar surface area (TPSA) is 84.7 Å². The Morgan fingerprint density at radius 1 is 1.50 bits per heavy atom. The largest absolute Gasteiger partial charge is 0.380 e. The highest BCUT2D eigenvalue weighted by atomic mass is 16.5. The Hall–Kier alpha value is -1.14. The van der Waals surface area contributed by atoms with E-state index in [1.807, 2.05) is 6.92 Å². The third kappa shape index (κ3) is 2.35. The van der Waals surface area contributed by atoms with Crippen molar-refractivity contribution in [2.24, 2.45) is 11.1 Å². The molecular formula is C12H21N3O3. The van der Waals surface area contributed by atoms with Gasteiger partial charge in [0.1, 0.15) is 0 Å². The summed E-state index contributed by atoms with van der Waals surface area (Å²) in [7, 11) is 1.65. The van der Waals surface area contributed by atoms with Crippen molar-refractivity contribution >= 4 is 11.8 Å². The molecule has 0 aromatic rings. The van der Waals surface area contributed by atoms with Crippen LogP contribution in [0.15, 0.2) is 0 Å². The standard InChI is InChI=1S/C12H21N3O3/c1-12(11(13)17)3-4-15(7-12)10(16)9-5-8(18-2)6-14-9/h8-9,14H,3-7H2,1-2H3,(H2,13,17). The van der Waals surface area contributed by atoms with E-state index >= 15 is 0 Å². The lowest BCUT2D eigenvalue weighted by atomic mass is 9.89. The van der Waals surface area contributed by atoms with Crippen LogP contribution in [0.2, 0.25) is 0 Å². The number of rotatable bonds is 3. The number of nitrogens with zero attached hydrogens (tertiary/aromatic N) is 1. The Balaban J connectivity index is 1.94. The number of primary amides is 1. The van der Waals surface area contributed by atoms with Gasteiger partial charge in [0, 0.05) is 26.7 Å². The Kier molecular flexibility index (Phi) is 3.59. The zero-order chi connectivity index (χ0) is 13.3. The van der Waals surface area contributed by atoms with Crippen LogP contribution in [0.25, 0.3) is 0 Å². The average molecular weight is 255 g/mol. The van der Waals surface area contributed by atoms with E-state index in [0.29, 0.717) is 32.5 Å². The maximum absolute atomic E-state index is 12.3. The lowest BCUT2D eigenvalue weighted by Gasteiger charge is -2.23. The maximum Gasteiger partial charge on any atom is 0.239 e. The van der Waals surface area contributed by atoms with Crippen molar-refractivity contribution in [3.63, 3.8) is 0 Å². The first kappa shape index (κ1) is 13.3. The molecule has 0 saturated carbocycles. The summed E-state index contributed by atoms with van der Waals surface area (Å²) in [6.07, 6.45) is 1.44. The van der Waals surface area contributed by atoms with Crippen LogP contribution in [0.1, 0.15) is 19.8 Å². The lowest BCUT2D eigenvalue weighted by molar-refractivity contribution is -0.133. The first-order chi connectivity index (χ1) is 8.46. The van der Waals surface area contributed by atoms with Gasteiger partial charge in [-0.05, 0) is 19.8 Å². The quantitative estimate of drug-likeness (QED) is 0.683. The molecule has 6 nitrogen and oxygen atoms in total. The first-order valence-corrected chi connectivity index (χ1v) is 6.31. The number of carbonyl (C=O) groups excluding carboxylic acids is 2. The molecule has 2 aliphatic rings. The molecule has 3 unspecified atom stereocenters. The van der Waals surface area contributed by atoms with Gasteiger partial charge < -0.3 is 20.7 Å². The Labute approximate surface area is 107 Å². The summed E-state index contributed by atoms with van der Waals surface area (Å²) >= 11 is 0. The molecule has 0 spiro atoms. The van der Waals surface area contributed by atoms with Crippen molar-refractivity contribution < 1.29 is 14.3 Å². The van der Waals surface area contributed by atoms with Gasteiger partial charge in [-0.15, -0.1) is 0 Å². The molecule has 2 heterocycles. The molecule has 2 aliphatic heterocycles. The molecule has 6 heteroatoms. The summed E-state index contributed by atoms with van der Waals surface area (Å²) in [5.74, 6) is -0.272. The minimum absolute atomic E-state index is 0.0551. The SMILES string of the molecule is COC1CNC(C(=O)N2CCC(C)(C(N)=O)C2)C1. The van der Waals surface area contributed by atoms with Crippen molar-refractivity contribution in [2.75, 3.05) is 26.7 Å². The van der Waals surface area contributed by atoms with Gasteiger partial charge in [0.05, 0.1) is 17.6 Å². The molecule has 2 amide bonds. The van der Waals surface area contributed by atoms with E-state index in [2.05, 4.69) is 5.32 Å². The van der Waals surface area contributed by atoms with Gasteiger partial charge in [-0.3, -0.25) is 9.59 Å². The third-order valence-corrected chi connectivity index (χ3v) is 4.10. The fourth-order valence-corrected chi connectivity index (χ4v) is 2.64. The monoisotopic (exact) mass is 255 g/mol. The van der Waals surface area contributed by atoms with Crippen molar-refractivity contribution in [1.29, 1.82) is 0 Å². The second kappa shape index (κ2) is 4.85. The smallest absolute Gasteiger partial charge is 0.239 e. The minimum Gasteiger partial charge on any atom is -0.380 e. The van der Waals surface area contributed by atoms with E-state index in [1.165, 1.54) is 0 Å². The van der Waals surface area contributed by atoms with E-state index in [4.69, 9.17) is 10.5 Å². The third-order valence-electron chi connectivity index (χ3n) is 4.10. The predicted octanol–water partition coefficient (Wildman–Crippen LogP) is -0.913. The molecule has 18 heavy (non-hydrogen) atoms. The summed E-state index contributed by atoms with van der Waals surface area (Å²) in [6, 6.07) is -0.190. The number of hydrogen-bond donors (Lipinski definition) is 2. The zero-order valence-corrected chi connectivity index (χ0v) is 10.9.